The van der Waals surface area contributed by atoms with Crippen LogP contribution in [0, 0.1) is 5.92 Å². The van der Waals surface area contributed by atoms with Gasteiger partial charge in [0.25, 0.3) is 0 Å². The molecule has 4 heteroatoms. The van der Waals surface area contributed by atoms with Crippen LogP contribution in [0.4, 0.5) is 0 Å². The van der Waals surface area contributed by atoms with Crippen LogP contribution in [-0.4, -0.2) is 11.7 Å². The first kappa shape index (κ1) is 17.7. The maximum Gasteiger partial charge on any atom is 0.204 e. The molecule has 1 heterocycles. The maximum atomic E-state index is 13.1. The van der Waals surface area contributed by atoms with E-state index in [1.165, 1.54) is 38.4 Å². The molecule has 27 heavy (non-hydrogen) atoms. The molecule has 3 aromatic rings. The van der Waals surface area contributed by atoms with Crippen LogP contribution >= 0.6 is 0 Å². The van der Waals surface area contributed by atoms with E-state index in [2.05, 4.69) is 0 Å². The Hall–Kier alpha value is -2.75. The van der Waals surface area contributed by atoms with Crippen molar-refractivity contribution in [2.45, 2.75) is 38.5 Å². The predicted molar refractivity (Wildman–Crippen MR) is 106 cm³/mol. The maximum absolute atomic E-state index is 13.1. The lowest BCUT2D eigenvalue weighted by molar-refractivity contribution is 0.248. The Morgan fingerprint density at radius 3 is 2.59 bits per heavy atom. The summed E-state index contributed by atoms with van der Waals surface area (Å²) in [5.74, 6) is 1.48. The summed E-state index contributed by atoms with van der Waals surface area (Å²) in [4.78, 5) is 13.1. The van der Waals surface area contributed by atoms with Crippen molar-refractivity contribution < 1.29 is 14.3 Å². The standard InChI is InChI=1S/C23H24O4/c24-18-11-9-17(10-12-18)19-15-27-21-8-4-7-20(22(21)23(19)25)26-14-13-16-5-2-1-3-6-16/h4,7-12,15-16,24H,1-3,5-6,13-14H2. The van der Waals surface area contributed by atoms with E-state index >= 15 is 0 Å². The van der Waals surface area contributed by atoms with Crippen LogP contribution in [-0.2, 0) is 0 Å². The van der Waals surface area contributed by atoms with Crippen LogP contribution in [0.2, 0.25) is 0 Å². The molecule has 1 aliphatic carbocycles. The van der Waals surface area contributed by atoms with Gasteiger partial charge < -0.3 is 14.3 Å². The Labute approximate surface area is 158 Å². The molecule has 1 aliphatic rings. The molecule has 0 spiro atoms. The average Bonchev–Trinajstić information content (AvgIpc) is 2.70. The lowest BCUT2D eigenvalue weighted by Gasteiger charge is -2.21. The van der Waals surface area contributed by atoms with Crippen LogP contribution < -0.4 is 10.2 Å². The molecule has 1 aromatic heterocycles. The number of aromatic hydroxyl groups is 1. The fourth-order valence-corrected chi connectivity index (χ4v) is 3.92. The zero-order valence-corrected chi connectivity index (χ0v) is 15.3. The summed E-state index contributed by atoms with van der Waals surface area (Å²) in [7, 11) is 0. The van der Waals surface area contributed by atoms with Crippen LogP contribution in [0.3, 0.4) is 0 Å². The van der Waals surface area contributed by atoms with Gasteiger partial charge in [-0.1, -0.05) is 50.3 Å². The highest BCUT2D eigenvalue weighted by Crippen LogP contribution is 2.29. The van der Waals surface area contributed by atoms with Crippen molar-refractivity contribution in [1.29, 1.82) is 0 Å². The van der Waals surface area contributed by atoms with E-state index in [0.717, 1.165) is 12.3 Å². The van der Waals surface area contributed by atoms with Gasteiger partial charge in [0.2, 0.25) is 5.43 Å². The molecule has 2 aromatic carbocycles. The smallest absolute Gasteiger partial charge is 0.204 e. The highest BCUT2D eigenvalue weighted by atomic mass is 16.5. The Kier molecular flexibility index (Phi) is 5.14. The van der Waals surface area contributed by atoms with Gasteiger partial charge in [0.15, 0.2) is 0 Å². The number of ether oxygens (including phenoxy) is 1. The highest BCUT2D eigenvalue weighted by molar-refractivity contribution is 5.87. The summed E-state index contributed by atoms with van der Waals surface area (Å²) in [6.45, 7) is 0.618. The second kappa shape index (κ2) is 7.87. The largest absolute Gasteiger partial charge is 0.508 e. The summed E-state index contributed by atoms with van der Waals surface area (Å²) < 4.78 is 11.7. The van der Waals surface area contributed by atoms with E-state index in [4.69, 9.17) is 9.15 Å². The molecule has 0 amide bonds. The molecule has 140 valence electrons. The molecular formula is C23H24O4. The molecule has 4 rings (SSSR count). The van der Waals surface area contributed by atoms with Gasteiger partial charge in [-0.25, -0.2) is 0 Å². The lowest BCUT2D eigenvalue weighted by Crippen LogP contribution is -2.12. The third-order valence-corrected chi connectivity index (χ3v) is 5.45. The monoisotopic (exact) mass is 364 g/mol. The molecular weight excluding hydrogens is 340 g/mol. The summed E-state index contributed by atoms with van der Waals surface area (Å²) in [5.41, 5.74) is 1.58. The van der Waals surface area contributed by atoms with Crippen molar-refractivity contribution in [2.24, 2.45) is 5.92 Å². The summed E-state index contributed by atoms with van der Waals surface area (Å²) in [5, 5.41) is 9.95. The quantitative estimate of drug-likeness (QED) is 0.648. The van der Waals surface area contributed by atoms with Crippen molar-refractivity contribution in [3.63, 3.8) is 0 Å². The molecule has 1 saturated carbocycles. The topological polar surface area (TPSA) is 59.7 Å². The SMILES string of the molecule is O=c1c(-c2ccc(O)cc2)coc2cccc(OCCC3CCCCC3)c12. The van der Waals surface area contributed by atoms with E-state index in [9.17, 15) is 9.90 Å². The number of phenols is 1. The summed E-state index contributed by atoms with van der Waals surface area (Å²) >= 11 is 0. The van der Waals surface area contributed by atoms with Gasteiger partial charge in [-0.05, 0) is 42.2 Å². The third kappa shape index (κ3) is 3.85. The van der Waals surface area contributed by atoms with Gasteiger partial charge in [0.05, 0.1) is 12.2 Å². The number of benzene rings is 2. The number of hydrogen-bond donors (Lipinski definition) is 1. The van der Waals surface area contributed by atoms with Gasteiger partial charge in [-0.3, -0.25) is 4.79 Å². The Balaban J connectivity index is 1.61. The van der Waals surface area contributed by atoms with Gasteiger partial charge >= 0.3 is 0 Å². The molecule has 0 atom stereocenters. The van der Waals surface area contributed by atoms with Crippen LogP contribution in [0.5, 0.6) is 11.5 Å². The molecule has 1 N–H and O–H groups in total. The zero-order chi connectivity index (χ0) is 18.6. The first-order chi connectivity index (χ1) is 13.2. The first-order valence-corrected chi connectivity index (χ1v) is 9.69. The molecule has 0 bridgehead atoms. The number of fused-ring (bicyclic) bond motifs is 1. The van der Waals surface area contributed by atoms with Gasteiger partial charge in [-0.2, -0.15) is 0 Å². The normalized spacial score (nSPS) is 15.1. The Morgan fingerprint density at radius 1 is 1.04 bits per heavy atom. The second-order valence-corrected chi connectivity index (χ2v) is 7.30. The summed E-state index contributed by atoms with van der Waals surface area (Å²) in [6, 6.07) is 12.0. The van der Waals surface area contributed by atoms with Crippen LogP contribution in [0.1, 0.15) is 38.5 Å². The zero-order valence-electron chi connectivity index (χ0n) is 15.3. The van der Waals surface area contributed by atoms with E-state index in [0.29, 0.717) is 34.5 Å². The molecule has 0 unspecified atom stereocenters. The predicted octanol–water partition coefficient (Wildman–Crippen LogP) is 5.51. The summed E-state index contributed by atoms with van der Waals surface area (Å²) in [6.07, 6.45) is 9.05. The number of hydrogen-bond acceptors (Lipinski definition) is 4. The fraction of sp³-hybridized carbons (Fsp3) is 0.348. The molecule has 0 aliphatic heterocycles. The van der Waals surface area contributed by atoms with Crippen molar-refractivity contribution >= 4 is 11.0 Å². The number of rotatable bonds is 5. The van der Waals surface area contributed by atoms with E-state index < -0.39 is 0 Å². The minimum Gasteiger partial charge on any atom is -0.508 e. The van der Waals surface area contributed by atoms with Crippen LogP contribution in [0.15, 0.2) is 57.9 Å². The highest BCUT2D eigenvalue weighted by Gasteiger charge is 2.16. The van der Waals surface area contributed by atoms with Crippen molar-refractivity contribution in [3.8, 4) is 22.6 Å². The molecule has 0 saturated heterocycles. The molecule has 1 fully saturated rings. The average molecular weight is 364 g/mol. The van der Waals surface area contributed by atoms with Crippen molar-refractivity contribution in [3.05, 3.63) is 59.0 Å². The minimum absolute atomic E-state index is 0.116. The van der Waals surface area contributed by atoms with E-state index in [1.807, 2.05) is 12.1 Å². The first-order valence-electron chi connectivity index (χ1n) is 9.69. The Bertz CT molecular complexity index is 966. The van der Waals surface area contributed by atoms with E-state index in [-0.39, 0.29) is 11.2 Å². The van der Waals surface area contributed by atoms with Crippen molar-refractivity contribution in [1.82, 2.24) is 0 Å². The van der Waals surface area contributed by atoms with Crippen molar-refractivity contribution in [2.75, 3.05) is 6.61 Å². The third-order valence-electron chi connectivity index (χ3n) is 5.45. The molecule has 4 nitrogen and oxygen atoms in total. The second-order valence-electron chi connectivity index (χ2n) is 7.30. The van der Waals surface area contributed by atoms with Gasteiger partial charge in [0.1, 0.15) is 28.7 Å². The fourth-order valence-electron chi connectivity index (χ4n) is 3.92. The minimum atomic E-state index is -0.116. The lowest BCUT2D eigenvalue weighted by atomic mass is 9.87. The Morgan fingerprint density at radius 2 is 1.81 bits per heavy atom. The van der Waals surface area contributed by atoms with Crippen LogP contribution in [0.25, 0.3) is 22.1 Å². The number of phenolic OH excluding ortho intramolecular Hbond substituents is 1. The molecule has 0 radical (unpaired) electrons. The van der Waals surface area contributed by atoms with Gasteiger partial charge in [0, 0.05) is 0 Å². The van der Waals surface area contributed by atoms with E-state index in [1.54, 1.807) is 30.3 Å². The van der Waals surface area contributed by atoms with Gasteiger partial charge in [-0.15, -0.1) is 0 Å².